The van der Waals surface area contributed by atoms with Crippen LogP contribution in [-0.4, -0.2) is 44.0 Å². The molecule has 23 heavy (non-hydrogen) atoms. The molecule has 0 spiro atoms. The molecule has 1 amide bonds. The van der Waals surface area contributed by atoms with Gasteiger partial charge in [0, 0.05) is 7.05 Å². The van der Waals surface area contributed by atoms with E-state index < -0.39 is 0 Å². The Morgan fingerprint density at radius 1 is 1.13 bits per heavy atom. The lowest BCUT2D eigenvalue weighted by atomic mass is 10.1. The van der Waals surface area contributed by atoms with Crippen molar-refractivity contribution in [1.29, 1.82) is 0 Å². The lowest BCUT2D eigenvalue weighted by Gasteiger charge is -2.35. The molecule has 2 aromatic carbocycles. The van der Waals surface area contributed by atoms with Crippen LogP contribution in [0.15, 0.2) is 48.5 Å². The minimum Gasteiger partial charge on any atom is -0.491 e. The number of hydrogen-bond donors (Lipinski definition) is 0. The second kappa shape index (κ2) is 6.52. The molecule has 0 aromatic heterocycles. The lowest BCUT2D eigenvalue weighted by molar-refractivity contribution is 0.0717. The molecule has 1 heterocycles. The molecule has 2 aromatic rings. The summed E-state index contributed by atoms with van der Waals surface area (Å²) in [7, 11) is 1.96. The van der Waals surface area contributed by atoms with E-state index in [4.69, 9.17) is 4.74 Å². The maximum absolute atomic E-state index is 12.5. The summed E-state index contributed by atoms with van der Waals surface area (Å²) in [5.74, 6) is 0.548. The van der Waals surface area contributed by atoms with Crippen molar-refractivity contribution in [3.05, 3.63) is 59.7 Å². The third kappa shape index (κ3) is 3.04. The van der Waals surface area contributed by atoms with Gasteiger partial charge in [-0.3, -0.25) is 9.59 Å². The summed E-state index contributed by atoms with van der Waals surface area (Å²) in [6, 6.07) is 14.6. The first-order valence-electron chi connectivity index (χ1n) is 7.47. The molecule has 1 aliphatic rings. The molecule has 118 valence electrons. The fourth-order valence-corrected chi connectivity index (χ4v) is 2.70. The van der Waals surface area contributed by atoms with Crippen molar-refractivity contribution in [2.24, 2.45) is 0 Å². The van der Waals surface area contributed by atoms with Crippen LogP contribution in [0.4, 0.5) is 5.69 Å². The Labute approximate surface area is 135 Å². The molecule has 0 saturated carbocycles. The van der Waals surface area contributed by atoms with Gasteiger partial charge in [0.05, 0.1) is 30.0 Å². The van der Waals surface area contributed by atoms with Gasteiger partial charge in [0.15, 0.2) is 6.29 Å². The molecular weight excluding hydrogens is 292 g/mol. The molecule has 0 N–H and O–H groups in total. The number of benzene rings is 2. The van der Waals surface area contributed by atoms with Crippen LogP contribution in [0.2, 0.25) is 0 Å². The average molecular weight is 310 g/mol. The van der Waals surface area contributed by atoms with Crippen LogP contribution in [0.3, 0.4) is 0 Å². The standard InChI is InChI=1S/C18H18N2O3/c1-19-13-20(18(22)15-7-3-4-8-16(15)19)10-11-23-17-9-5-2-6-14(17)12-21/h2-9,12H,10-11,13H2,1H3. The van der Waals surface area contributed by atoms with E-state index in [1.165, 1.54) is 0 Å². The number of para-hydroxylation sites is 2. The molecule has 0 saturated heterocycles. The fourth-order valence-electron chi connectivity index (χ4n) is 2.70. The van der Waals surface area contributed by atoms with Crippen LogP contribution in [-0.2, 0) is 0 Å². The summed E-state index contributed by atoms with van der Waals surface area (Å²) in [5.41, 5.74) is 2.16. The predicted octanol–water partition coefficient (Wildman–Crippen LogP) is 2.43. The summed E-state index contributed by atoms with van der Waals surface area (Å²) in [5, 5.41) is 0. The van der Waals surface area contributed by atoms with Crippen molar-refractivity contribution in [3.8, 4) is 5.75 Å². The van der Waals surface area contributed by atoms with E-state index in [1.54, 1.807) is 23.1 Å². The highest BCUT2D eigenvalue weighted by Crippen LogP contribution is 2.25. The van der Waals surface area contributed by atoms with Crippen molar-refractivity contribution in [1.82, 2.24) is 4.90 Å². The van der Waals surface area contributed by atoms with E-state index in [-0.39, 0.29) is 5.91 Å². The highest BCUT2D eigenvalue weighted by Gasteiger charge is 2.26. The largest absolute Gasteiger partial charge is 0.491 e. The molecule has 3 rings (SSSR count). The normalized spacial score (nSPS) is 13.7. The van der Waals surface area contributed by atoms with Gasteiger partial charge in [0.25, 0.3) is 5.91 Å². The predicted molar refractivity (Wildman–Crippen MR) is 88.1 cm³/mol. The van der Waals surface area contributed by atoms with E-state index >= 15 is 0 Å². The number of fused-ring (bicyclic) bond motifs is 1. The molecule has 5 nitrogen and oxygen atoms in total. The third-order valence-electron chi connectivity index (χ3n) is 3.88. The summed E-state index contributed by atoms with van der Waals surface area (Å²) in [6.45, 7) is 1.33. The van der Waals surface area contributed by atoms with Crippen molar-refractivity contribution in [3.63, 3.8) is 0 Å². The Morgan fingerprint density at radius 2 is 1.87 bits per heavy atom. The van der Waals surface area contributed by atoms with Crippen LogP contribution >= 0.6 is 0 Å². The van der Waals surface area contributed by atoms with Crippen LogP contribution in [0, 0.1) is 0 Å². The van der Waals surface area contributed by atoms with Crippen LogP contribution in [0.1, 0.15) is 20.7 Å². The molecule has 5 heteroatoms. The van der Waals surface area contributed by atoms with Crippen molar-refractivity contribution >= 4 is 17.9 Å². The number of carbonyl (C=O) groups excluding carboxylic acids is 2. The smallest absolute Gasteiger partial charge is 0.257 e. The van der Waals surface area contributed by atoms with Gasteiger partial charge in [-0.25, -0.2) is 0 Å². The molecule has 0 unspecified atom stereocenters. The first-order chi connectivity index (χ1) is 11.2. The van der Waals surface area contributed by atoms with Crippen LogP contribution < -0.4 is 9.64 Å². The first kappa shape index (κ1) is 15.1. The van der Waals surface area contributed by atoms with Gasteiger partial charge in [-0.1, -0.05) is 24.3 Å². The Morgan fingerprint density at radius 3 is 2.70 bits per heavy atom. The van der Waals surface area contributed by atoms with Gasteiger partial charge in [0.1, 0.15) is 12.4 Å². The van der Waals surface area contributed by atoms with Gasteiger partial charge < -0.3 is 14.5 Å². The molecule has 0 atom stereocenters. The Hall–Kier alpha value is -2.82. The van der Waals surface area contributed by atoms with Gasteiger partial charge >= 0.3 is 0 Å². The monoisotopic (exact) mass is 310 g/mol. The number of anilines is 1. The van der Waals surface area contributed by atoms with Crippen LogP contribution in [0.25, 0.3) is 0 Å². The maximum Gasteiger partial charge on any atom is 0.257 e. The minimum atomic E-state index is 0.00553. The second-order valence-electron chi connectivity index (χ2n) is 5.43. The molecule has 0 radical (unpaired) electrons. The summed E-state index contributed by atoms with van der Waals surface area (Å²) in [6.07, 6.45) is 0.769. The number of amides is 1. The molecular formula is C18H18N2O3. The average Bonchev–Trinajstić information content (AvgIpc) is 2.59. The molecule has 0 bridgehead atoms. The van der Waals surface area contributed by atoms with Crippen LogP contribution in [0.5, 0.6) is 5.75 Å². The van der Waals surface area contributed by atoms with E-state index in [9.17, 15) is 9.59 Å². The molecule has 0 aliphatic carbocycles. The van der Waals surface area contributed by atoms with Gasteiger partial charge in [-0.05, 0) is 24.3 Å². The molecule has 1 aliphatic heterocycles. The zero-order chi connectivity index (χ0) is 16.2. The van der Waals surface area contributed by atoms with E-state index in [0.717, 1.165) is 12.0 Å². The Kier molecular flexibility index (Phi) is 4.28. The first-order valence-corrected chi connectivity index (χ1v) is 7.47. The minimum absolute atomic E-state index is 0.00553. The Balaban J connectivity index is 1.65. The lowest BCUT2D eigenvalue weighted by Crippen LogP contribution is -2.46. The van der Waals surface area contributed by atoms with E-state index in [1.807, 2.05) is 42.3 Å². The highest BCUT2D eigenvalue weighted by atomic mass is 16.5. The number of hydrogen-bond acceptors (Lipinski definition) is 4. The van der Waals surface area contributed by atoms with E-state index in [2.05, 4.69) is 0 Å². The SMILES string of the molecule is CN1CN(CCOc2ccccc2C=O)C(=O)c2ccccc21. The number of nitrogens with zero attached hydrogens (tertiary/aromatic N) is 2. The summed E-state index contributed by atoms with van der Waals surface area (Å²) in [4.78, 5) is 27.3. The zero-order valence-electron chi connectivity index (χ0n) is 12.9. The van der Waals surface area contributed by atoms with Gasteiger partial charge in [0.2, 0.25) is 0 Å². The maximum atomic E-state index is 12.5. The van der Waals surface area contributed by atoms with Gasteiger partial charge in [-0.2, -0.15) is 0 Å². The summed E-state index contributed by atoms with van der Waals surface area (Å²) >= 11 is 0. The third-order valence-corrected chi connectivity index (χ3v) is 3.88. The van der Waals surface area contributed by atoms with E-state index in [0.29, 0.717) is 36.7 Å². The number of aldehydes is 1. The number of carbonyl (C=O) groups is 2. The summed E-state index contributed by atoms with van der Waals surface area (Å²) < 4.78 is 5.66. The zero-order valence-corrected chi connectivity index (χ0v) is 12.9. The quantitative estimate of drug-likeness (QED) is 0.796. The van der Waals surface area contributed by atoms with Crippen molar-refractivity contribution in [2.45, 2.75) is 0 Å². The molecule has 0 fully saturated rings. The van der Waals surface area contributed by atoms with Gasteiger partial charge in [-0.15, -0.1) is 0 Å². The second-order valence-corrected chi connectivity index (χ2v) is 5.43. The van der Waals surface area contributed by atoms with Crippen molar-refractivity contribution < 1.29 is 14.3 Å². The number of rotatable bonds is 5. The Bertz CT molecular complexity index is 730. The fraction of sp³-hybridized carbons (Fsp3) is 0.222. The topological polar surface area (TPSA) is 49.9 Å². The van der Waals surface area contributed by atoms with Crippen molar-refractivity contribution in [2.75, 3.05) is 31.8 Å². The number of ether oxygens (including phenoxy) is 1. The highest BCUT2D eigenvalue weighted by molar-refractivity contribution is 6.01.